The van der Waals surface area contributed by atoms with Crippen molar-refractivity contribution < 1.29 is 33.3 Å². The summed E-state index contributed by atoms with van der Waals surface area (Å²) in [6, 6.07) is 0. The first-order valence-electron chi connectivity index (χ1n) is 6.16. The molecule has 0 aliphatic carbocycles. The lowest BCUT2D eigenvalue weighted by molar-refractivity contribution is -0.170. The Balaban J connectivity index is 3.28. The molecule has 0 aromatic carbocycles. The molecule has 0 saturated heterocycles. The van der Waals surface area contributed by atoms with Crippen molar-refractivity contribution in [3.63, 3.8) is 0 Å². The van der Waals surface area contributed by atoms with E-state index in [1.54, 1.807) is 7.11 Å². The number of esters is 2. The molecule has 0 atom stereocenters. The van der Waals surface area contributed by atoms with Gasteiger partial charge in [-0.25, -0.2) is 4.79 Å². The Morgan fingerprint density at radius 2 is 1.53 bits per heavy atom. The molecule has 0 radical (unpaired) electrons. The van der Waals surface area contributed by atoms with Gasteiger partial charge in [-0.3, -0.25) is 4.79 Å². The van der Waals surface area contributed by atoms with E-state index in [0.717, 1.165) is 0 Å². The van der Waals surface area contributed by atoms with Crippen LogP contribution in [-0.2, 0) is 33.3 Å². The molecule has 0 spiro atoms. The molecular weight excluding hydrogens is 256 g/mol. The van der Waals surface area contributed by atoms with Crippen LogP contribution >= 0.6 is 0 Å². The molecule has 0 unspecified atom stereocenters. The summed E-state index contributed by atoms with van der Waals surface area (Å²) in [5, 5.41) is 0. The van der Waals surface area contributed by atoms with Crippen molar-refractivity contribution in [2.75, 3.05) is 46.9 Å². The molecule has 0 N–H and O–H groups in total. The highest BCUT2D eigenvalue weighted by Crippen LogP contribution is 1.92. The molecule has 0 aliphatic heterocycles. The highest BCUT2D eigenvalue weighted by molar-refractivity contribution is 5.71. The van der Waals surface area contributed by atoms with Gasteiger partial charge in [-0.05, 0) is 6.42 Å². The Bertz CT molecular complexity index is 242. The maximum absolute atomic E-state index is 11.1. The number of rotatable bonds is 12. The van der Waals surface area contributed by atoms with Crippen LogP contribution in [-0.4, -0.2) is 58.9 Å². The maximum Gasteiger partial charge on any atom is 0.334 e. The Morgan fingerprint density at radius 3 is 2.21 bits per heavy atom. The van der Waals surface area contributed by atoms with Gasteiger partial charge >= 0.3 is 11.9 Å². The standard InChI is InChI=1S/C12H22O7/c1-3-4-11(13)18-10-19-12(14)9-17-8-7-16-6-5-15-2/h3-10H2,1-2H3. The lowest BCUT2D eigenvalue weighted by Crippen LogP contribution is -2.18. The van der Waals surface area contributed by atoms with Gasteiger partial charge in [0.1, 0.15) is 6.61 Å². The van der Waals surface area contributed by atoms with Crippen LogP contribution in [0.1, 0.15) is 19.8 Å². The number of hydrogen-bond donors (Lipinski definition) is 0. The molecule has 0 saturated carbocycles. The van der Waals surface area contributed by atoms with Crippen LogP contribution < -0.4 is 0 Å². The molecule has 0 aromatic heterocycles. The van der Waals surface area contributed by atoms with Crippen molar-refractivity contribution in [2.24, 2.45) is 0 Å². The van der Waals surface area contributed by atoms with E-state index < -0.39 is 5.97 Å². The van der Waals surface area contributed by atoms with E-state index in [2.05, 4.69) is 9.47 Å². The summed E-state index contributed by atoms with van der Waals surface area (Å²) in [6.45, 7) is 2.96. The topological polar surface area (TPSA) is 80.3 Å². The molecule has 0 fully saturated rings. The van der Waals surface area contributed by atoms with Crippen LogP contribution in [0.5, 0.6) is 0 Å². The third kappa shape index (κ3) is 13.1. The van der Waals surface area contributed by atoms with Crippen molar-refractivity contribution in [1.82, 2.24) is 0 Å². The number of ether oxygens (including phenoxy) is 5. The molecule has 0 bridgehead atoms. The zero-order valence-electron chi connectivity index (χ0n) is 11.5. The van der Waals surface area contributed by atoms with Gasteiger partial charge in [0.05, 0.1) is 26.4 Å². The summed E-state index contributed by atoms with van der Waals surface area (Å²) in [4.78, 5) is 22.1. The molecule has 19 heavy (non-hydrogen) atoms. The fourth-order valence-electron chi connectivity index (χ4n) is 0.997. The van der Waals surface area contributed by atoms with E-state index in [1.165, 1.54) is 0 Å². The number of carbonyl (C=O) groups excluding carboxylic acids is 2. The van der Waals surface area contributed by atoms with Crippen LogP contribution in [0.3, 0.4) is 0 Å². The van der Waals surface area contributed by atoms with Crippen molar-refractivity contribution in [2.45, 2.75) is 19.8 Å². The Morgan fingerprint density at radius 1 is 0.895 bits per heavy atom. The van der Waals surface area contributed by atoms with E-state index >= 15 is 0 Å². The summed E-state index contributed by atoms with van der Waals surface area (Å²) >= 11 is 0. The SMILES string of the molecule is CCCC(=O)OCOC(=O)COCCOCCOC. The van der Waals surface area contributed by atoms with Crippen LogP contribution in [0.25, 0.3) is 0 Å². The summed E-state index contributed by atoms with van der Waals surface area (Å²) in [7, 11) is 1.59. The minimum atomic E-state index is -0.582. The number of methoxy groups -OCH3 is 1. The van der Waals surface area contributed by atoms with Crippen molar-refractivity contribution in [3.05, 3.63) is 0 Å². The van der Waals surface area contributed by atoms with Gasteiger partial charge in [-0.1, -0.05) is 6.92 Å². The fourth-order valence-corrected chi connectivity index (χ4v) is 0.997. The average molecular weight is 278 g/mol. The minimum absolute atomic E-state index is 0.195. The molecule has 0 amide bonds. The third-order valence-corrected chi connectivity index (χ3v) is 1.92. The molecule has 0 heterocycles. The molecular formula is C12H22O7. The summed E-state index contributed by atoms with van der Waals surface area (Å²) in [5.41, 5.74) is 0. The van der Waals surface area contributed by atoms with E-state index in [-0.39, 0.29) is 26.0 Å². The highest BCUT2D eigenvalue weighted by atomic mass is 16.7. The van der Waals surface area contributed by atoms with Crippen LogP contribution in [0.4, 0.5) is 0 Å². The first-order valence-corrected chi connectivity index (χ1v) is 6.16. The largest absolute Gasteiger partial charge is 0.428 e. The molecule has 0 aliphatic rings. The summed E-state index contributed by atoms with van der Waals surface area (Å²) < 4.78 is 24.2. The molecule has 7 heteroatoms. The lowest BCUT2D eigenvalue weighted by atomic mass is 10.3. The molecule has 0 rings (SSSR count). The van der Waals surface area contributed by atoms with Crippen LogP contribution in [0, 0.1) is 0 Å². The van der Waals surface area contributed by atoms with Crippen molar-refractivity contribution >= 4 is 11.9 Å². The van der Waals surface area contributed by atoms with Gasteiger partial charge in [0.2, 0.25) is 6.79 Å². The lowest BCUT2D eigenvalue weighted by Gasteiger charge is -2.07. The van der Waals surface area contributed by atoms with E-state index in [1.807, 2.05) is 6.92 Å². The van der Waals surface area contributed by atoms with Crippen molar-refractivity contribution in [3.8, 4) is 0 Å². The fraction of sp³-hybridized carbons (Fsp3) is 0.833. The minimum Gasteiger partial charge on any atom is -0.428 e. The number of carbonyl (C=O) groups is 2. The predicted octanol–water partition coefficient (Wildman–Crippen LogP) is 0.510. The predicted molar refractivity (Wildman–Crippen MR) is 65.5 cm³/mol. The van der Waals surface area contributed by atoms with Crippen LogP contribution in [0.2, 0.25) is 0 Å². The highest BCUT2D eigenvalue weighted by Gasteiger charge is 2.05. The second kappa shape index (κ2) is 13.3. The Labute approximate surface area is 113 Å². The summed E-state index contributed by atoms with van der Waals surface area (Å²) in [5.74, 6) is -0.969. The van der Waals surface area contributed by atoms with E-state index in [0.29, 0.717) is 32.7 Å². The average Bonchev–Trinajstić information content (AvgIpc) is 2.38. The zero-order valence-corrected chi connectivity index (χ0v) is 11.5. The first kappa shape index (κ1) is 17.8. The maximum atomic E-state index is 11.1. The van der Waals surface area contributed by atoms with Gasteiger partial charge in [0.25, 0.3) is 0 Å². The quantitative estimate of drug-likeness (QED) is 0.292. The zero-order chi connectivity index (χ0) is 14.3. The number of hydrogen-bond acceptors (Lipinski definition) is 7. The Hall–Kier alpha value is -1.18. The monoisotopic (exact) mass is 278 g/mol. The molecule has 0 aromatic rings. The smallest absolute Gasteiger partial charge is 0.334 e. The van der Waals surface area contributed by atoms with Gasteiger partial charge in [0, 0.05) is 13.5 Å². The normalized spacial score (nSPS) is 10.2. The van der Waals surface area contributed by atoms with E-state index in [9.17, 15) is 9.59 Å². The third-order valence-electron chi connectivity index (χ3n) is 1.92. The van der Waals surface area contributed by atoms with E-state index in [4.69, 9.17) is 14.2 Å². The Kier molecular flexibility index (Phi) is 12.4. The van der Waals surface area contributed by atoms with Gasteiger partial charge in [-0.2, -0.15) is 0 Å². The van der Waals surface area contributed by atoms with Crippen molar-refractivity contribution in [1.29, 1.82) is 0 Å². The van der Waals surface area contributed by atoms with Gasteiger partial charge in [-0.15, -0.1) is 0 Å². The first-order chi connectivity index (χ1) is 9.20. The molecule has 112 valence electrons. The van der Waals surface area contributed by atoms with Gasteiger partial charge < -0.3 is 23.7 Å². The van der Waals surface area contributed by atoms with Gasteiger partial charge in [0.15, 0.2) is 0 Å². The second-order valence-electron chi connectivity index (χ2n) is 3.56. The molecule has 7 nitrogen and oxygen atoms in total. The van der Waals surface area contributed by atoms with Crippen LogP contribution in [0.15, 0.2) is 0 Å². The summed E-state index contributed by atoms with van der Waals surface area (Å²) in [6.07, 6.45) is 1.01. The second-order valence-corrected chi connectivity index (χ2v) is 3.56.